The van der Waals surface area contributed by atoms with Gasteiger partial charge in [0.1, 0.15) is 18.3 Å². The van der Waals surface area contributed by atoms with E-state index in [9.17, 15) is 9.90 Å². The molecule has 36 heavy (non-hydrogen) atoms. The summed E-state index contributed by atoms with van der Waals surface area (Å²) < 4.78 is 8.52. The van der Waals surface area contributed by atoms with Crippen LogP contribution >= 0.6 is 0 Å². The molecule has 9 nitrogen and oxygen atoms in total. The Morgan fingerprint density at radius 3 is 2.53 bits per heavy atom. The maximum absolute atomic E-state index is 13.3. The molecule has 5 rings (SSSR count). The Balaban J connectivity index is 1.50. The van der Waals surface area contributed by atoms with Crippen LogP contribution in [0.15, 0.2) is 71.5 Å². The van der Waals surface area contributed by atoms with E-state index in [-0.39, 0.29) is 18.0 Å². The van der Waals surface area contributed by atoms with Crippen molar-refractivity contribution in [3.05, 3.63) is 88.5 Å². The number of methoxy groups -OCH3 is 1. The summed E-state index contributed by atoms with van der Waals surface area (Å²) in [7, 11) is 1.60. The van der Waals surface area contributed by atoms with Crippen LogP contribution in [-0.2, 0) is 24.4 Å². The van der Waals surface area contributed by atoms with E-state index in [0.29, 0.717) is 29.7 Å². The van der Waals surface area contributed by atoms with Crippen molar-refractivity contribution < 1.29 is 9.84 Å². The first-order valence-electron chi connectivity index (χ1n) is 11.7. The number of aromatic hydroxyl groups is 1. The molecule has 0 saturated heterocycles. The molecule has 3 aromatic carbocycles. The Morgan fingerprint density at radius 1 is 1.00 bits per heavy atom. The fourth-order valence-electron chi connectivity index (χ4n) is 4.34. The summed E-state index contributed by atoms with van der Waals surface area (Å²) in [5, 5.41) is 22.3. The molecule has 0 radical (unpaired) electrons. The quantitative estimate of drug-likeness (QED) is 0.356. The number of phenols is 1. The van der Waals surface area contributed by atoms with Crippen molar-refractivity contribution in [3.63, 3.8) is 0 Å². The van der Waals surface area contributed by atoms with Crippen LogP contribution in [0.3, 0.4) is 0 Å². The van der Waals surface area contributed by atoms with Crippen LogP contribution in [0.5, 0.6) is 5.75 Å². The summed E-state index contributed by atoms with van der Waals surface area (Å²) >= 11 is 0. The van der Waals surface area contributed by atoms with Gasteiger partial charge < -0.3 is 9.84 Å². The highest BCUT2D eigenvalue weighted by molar-refractivity contribution is 5.81. The SMILES string of the molecule is CCCc1nc2ccc(O)cc2c(=O)n1Cc1ccc(-c2ccccc2-c2nnnn2COC)cc1. The molecule has 0 amide bonds. The van der Waals surface area contributed by atoms with Crippen LogP contribution < -0.4 is 5.56 Å². The Labute approximate surface area is 207 Å². The summed E-state index contributed by atoms with van der Waals surface area (Å²) in [5.74, 6) is 1.41. The minimum atomic E-state index is -0.154. The molecule has 2 heterocycles. The standard InChI is InChI=1S/C27H26N6O3/c1-3-6-25-28-24-14-13-20(34)15-23(24)27(35)32(25)16-18-9-11-19(12-10-18)21-7-4-5-8-22(21)26-29-30-31-33(26)17-36-2/h4-5,7-15,34H,3,6,16-17H2,1-2H3. The number of rotatable bonds is 8. The Kier molecular flexibility index (Phi) is 6.55. The molecule has 0 saturated carbocycles. The number of hydrogen-bond acceptors (Lipinski definition) is 7. The van der Waals surface area contributed by atoms with Crippen molar-refractivity contribution in [2.75, 3.05) is 7.11 Å². The van der Waals surface area contributed by atoms with Crippen LogP contribution in [0.25, 0.3) is 33.4 Å². The van der Waals surface area contributed by atoms with Crippen molar-refractivity contribution in [2.24, 2.45) is 0 Å². The van der Waals surface area contributed by atoms with E-state index in [1.165, 1.54) is 6.07 Å². The molecule has 1 N–H and O–H groups in total. The van der Waals surface area contributed by atoms with E-state index in [4.69, 9.17) is 9.72 Å². The molecule has 0 aliphatic carbocycles. The molecule has 0 aliphatic heterocycles. The third-order valence-corrected chi connectivity index (χ3v) is 6.05. The third-order valence-electron chi connectivity index (χ3n) is 6.05. The van der Waals surface area contributed by atoms with Gasteiger partial charge in [-0.2, -0.15) is 4.68 Å². The molecule has 0 aliphatic rings. The zero-order valence-corrected chi connectivity index (χ0v) is 20.1. The van der Waals surface area contributed by atoms with Crippen molar-refractivity contribution in [1.82, 2.24) is 29.8 Å². The molecular formula is C27H26N6O3. The number of fused-ring (bicyclic) bond motifs is 1. The minimum absolute atomic E-state index is 0.0516. The molecule has 182 valence electrons. The first-order chi connectivity index (χ1) is 17.6. The van der Waals surface area contributed by atoms with Gasteiger partial charge in [-0.05, 0) is 51.7 Å². The van der Waals surface area contributed by atoms with Crippen LogP contribution in [0.1, 0.15) is 24.7 Å². The molecule has 9 heteroatoms. The number of hydrogen-bond donors (Lipinski definition) is 1. The lowest BCUT2D eigenvalue weighted by molar-refractivity contribution is 0.120. The Hall–Kier alpha value is -4.37. The summed E-state index contributed by atoms with van der Waals surface area (Å²) in [6, 6.07) is 20.7. The van der Waals surface area contributed by atoms with Crippen molar-refractivity contribution in [2.45, 2.75) is 33.0 Å². The number of phenolic OH excluding ortho intramolecular Hbond substituents is 1. The number of aryl methyl sites for hydroxylation is 1. The van der Waals surface area contributed by atoms with Gasteiger partial charge in [-0.15, -0.1) is 5.10 Å². The summed E-state index contributed by atoms with van der Waals surface area (Å²) in [4.78, 5) is 18.0. The molecular weight excluding hydrogens is 456 g/mol. The van der Waals surface area contributed by atoms with Gasteiger partial charge in [-0.1, -0.05) is 55.5 Å². The Bertz CT molecular complexity index is 1570. The largest absolute Gasteiger partial charge is 0.508 e. The first kappa shape index (κ1) is 23.4. The second-order valence-corrected chi connectivity index (χ2v) is 8.53. The molecule has 0 unspecified atom stereocenters. The first-order valence-corrected chi connectivity index (χ1v) is 11.7. The van der Waals surface area contributed by atoms with Crippen LogP contribution in [0.4, 0.5) is 0 Å². The lowest BCUT2D eigenvalue weighted by atomic mass is 9.98. The molecule has 0 spiro atoms. The zero-order chi connectivity index (χ0) is 25.1. The number of ether oxygens (including phenoxy) is 1. The smallest absolute Gasteiger partial charge is 0.261 e. The van der Waals surface area contributed by atoms with Gasteiger partial charge in [0.15, 0.2) is 5.82 Å². The van der Waals surface area contributed by atoms with Crippen molar-refractivity contribution >= 4 is 10.9 Å². The molecule has 0 atom stereocenters. The van der Waals surface area contributed by atoms with Crippen molar-refractivity contribution in [1.29, 1.82) is 0 Å². The van der Waals surface area contributed by atoms with E-state index >= 15 is 0 Å². The predicted molar refractivity (Wildman–Crippen MR) is 136 cm³/mol. The molecule has 0 fully saturated rings. The monoisotopic (exact) mass is 482 g/mol. The summed E-state index contributed by atoms with van der Waals surface area (Å²) in [6.45, 7) is 2.70. The second-order valence-electron chi connectivity index (χ2n) is 8.53. The van der Waals surface area contributed by atoms with Gasteiger partial charge in [-0.25, -0.2) is 4.98 Å². The van der Waals surface area contributed by atoms with Gasteiger partial charge in [0, 0.05) is 19.1 Å². The summed E-state index contributed by atoms with van der Waals surface area (Å²) in [5.41, 5.74) is 4.31. The lowest BCUT2D eigenvalue weighted by Crippen LogP contribution is -2.26. The number of benzene rings is 3. The van der Waals surface area contributed by atoms with Crippen LogP contribution in [-0.4, -0.2) is 42.0 Å². The average molecular weight is 483 g/mol. The zero-order valence-electron chi connectivity index (χ0n) is 20.1. The molecule has 2 aromatic heterocycles. The lowest BCUT2D eigenvalue weighted by Gasteiger charge is -2.14. The van der Waals surface area contributed by atoms with Gasteiger partial charge in [0.25, 0.3) is 5.56 Å². The highest BCUT2D eigenvalue weighted by atomic mass is 16.5. The van der Waals surface area contributed by atoms with E-state index in [1.807, 2.05) is 48.5 Å². The van der Waals surface area contributed by atoms with E-state index in [2.05, 4.69) is 22.4 Å². The number of nitrogens with zero attached hydrogens (tertiary/aromatic N) is 6. The predicted octanol–water partition coefficient (Wildman–Crippen LogP) is 4.03. The molecule has 0 bridgehead atoms. The molecule has 5 aromatic rings. The number of tetrazole rings is 1. The normalized spacial score (nSPS) is 11.3. The van der Waals surface area contributed by atoms with Gasteiger partial charge in [0.2, 0.25) is 0 Å². The highest BCUT2D eigenvalue weighted by Crippen LogP contribution is 2.31. The van der Waals surface area contributed by atoms with Crippen LogP contribution in [0, 0.1) is 0 Å². The topological polar surface area (TPSA) is 108 Å². The maximum Gasteiger partial charge on any atom is 0.261 e. The third kappa shape index (κ3) is 4.48. The fraction of sp³-hybridized carbons (Fsp3) is 0.222. The number of aromatic nitrogens is 6. The van der Waals surface area contributed by atoms with E-state index in [0.717, 1.165) is 34.5 Å². The Morgan fingerprint density at radius 2 is 1.78 bits per heavy atom. The van der Waals surface area contributed by atoms with Gasteiger partial charge in [-0.3, -0.25) is 9.36 Å². The summed E-state index contributed by atoms with van der Waals surface area (Å²) in [6.07, 6.45) is 1.56. The second kappa shape index (κ2) is 10.1. The van der Waals surface area contributed by atoms with Gasteiger partial charge in [0.05, 0.1) is 17.4 Å². The minimum Gasteiger partial charge on any atom is -0.508 e. The average Bonchev–Trinajstić information content (AvgIpc) is 3.36. The van der Waals surface area contributed by atoms with E-state index in [1.54, 1.807) is 28.5 Å². The van der Waals surface area contributed by atoms with E-state index < -0.39 is 0 Å². The maximum atomic E-state index is 13.3. The van der Waals surface area contributed by atoms with Crippen molar-refractivity contribution in [3.8, 4) is 28.3 Å². The van der Waals surface area contributed by atoms with Crippen LogP contribution in [0.2, 0.25) is 0 Å². The fourth-order valence-corrected chi connectivity index (χ4v) is 4.34. The van der Waals surface area contributed by atoms with Gasteiger partial charge >= 0.3 is 0 Å². The highest BCUT2D eigenvalue weighted by Gasteiger charge is 2.15.